The predicted molar refractivity (Wildman–Crippen MR) is 99.3 cm³/mol. The van der Waals surface area contributed by atoms with Crippen LogP contribution in [0.5, 0.6) is 0 Å². The minimum atomic E-state index is 0.549. The van der Waals surface area contributed by atoms with Gasteiger partial charge in [-0.15, -0.1) is 0 Å². The van der Waals surface area contributed by atoms with E-state index in [0.717, 1.165) is 28.4 Å². The van der Waals surface area contributed by atoms with Gasteiger partial charge in [-0.2, -0.15) is 0 Å². The first kappa shape index (κ1) is 16.5. The lowest BCUT2D eigenvalue weighted by Crippen LogP contribution is -2.38. The summed E-state index contributed by atoms with van der Waals surface area (Å²) in [5, 5.41) is 9.29. The fourth-order valence-electron chi connectivity index (χ4n) is 3.31. The molecule has 1 saturated carbocycles. The summed E-state index contributed by atoms with van der Waals surface area (Å²) >= 11 is 6.06. The number of nitrogens with zero attached hydrogens (tertiary/aromatic N) is 1. The number of nitrogens with one attached hydrogen (secondary N) is 2. The number of aromatic nitrogens is 1. The molecule has 3 rings (SSSR count). The van der Waals surface area contributed by atoms with Crippen molar-refractivity contribution in [2.75, 3.05) is 11.9 Å². The maximum Gasteiger partial charge on any atom is 0.0737 e. The van der Waals surface area contributed by atoms with Crippen LogP contribution in [0.1, 0.15) is 39.5 Å². The highest BCUT2D eigenvalue weighted by molar-refractivity contribution is 6.31. The quantitative estimate of drug-likeness (QED) is 0.821. The first-order valence-electron chi connectivity index (χ1n) is 8.66. The average Bonchev–Trinajstić information content (AvgIpc) is 2.54. The Kier molecular flexibility index (Phi) is 5.39. The normalized spacial score (nSPS) is 21.7. The molecule has 0 saturated heterocycles. The van der Waals surface area contributed by atoms with Gasteiger partial charge in [-0.25, -0.2) is 0 Å². The van der Waals surface area contributed by atoms with Gasteiger partial charge in [0, 0.05) is 34.4 Å². The van der Waals surface area contributed by atoms with E-state index < -0.39 is 0 Å². The maximum atomic E-state index is 6.06. The number of fused-ring (bicyclic) bond motifs is 1. The standard InChI is InChI=1S/C19H26ClN3/c1-13(2)12-22-15-4-6-16(7-5-15)23-18-9-10-21-19-11-14(20)3-8-17(18)19/h3,8-11,13,15-16,22H,4-7,12H2,1-2H3,(H,21,23). The Morgan fingerprint density at radius 1 is 1.13 bits per heavy atom. The van der Waals surface area contributed by atoms with Crippen LogP contribution in [0.25, 0.3) is 10.9 Å². The molecule has 0 aliphatic heterocycles. The Labute approximate surface area is 143 Å². The molecule has 0 spiro atoms. The molecule has 3 nitrogen and oxygen atoms in total. The molecule has 0 unspecified atom stereocenters. The van der Waals surface area contributed by atoms with E-state index in [1.807, 2.05) is 18.3 Å². The smallest absolute Gasteiger partial charge is 0.0737 e. The Hall–Kier alpha value is -1.32. The van der Waals surface area contributed by atoms with E-state index in [9.17, 15) is 0 Å². The van der Waals surface area contributed by atoms with Crippen LogP contribution in [0.15, 0.2) is 30.5 Å². The largest absolute Gasteiger partial charge is 0.382 e. The number of rotatable bonds is 5. The van der Waals surface area contributed by atoms with Gasteiger partial charge in [0.25, 0.3) is 0 Å². The summed E-state index contributed by atoms with van der Waals surface area (Å²) in [5.74, 6) is 0.723. The second-order valence-electron chi connectivity index (χ2n) is 7.01. The number of pyridine rings is 1. The third-order valence-electron chi connectivity index (χ3n) is 4.61. The molecule has 1 aromatic heterocycles. The van der Waals surface area contributed by atoms with Gasteiger partial charge in [-0.1, -0.05) is 25.4 Å². The molecule has 1 aliphatic carbocycles. The highest BCUT2D eigenvalue weighted by atomic mass is 35.5. The lowest BCUT2D eigenvalue weighted by molar-refractivity contribution is 0.341. The highest BCUT2D eigenvalue weighted by Crippen LogP contribution is 2.28. The van der Waals surface area contributed by atoms with Gasteiger partial charge in [0.2, 0.25) is 0 Å². The zero-order valence-corrected chi connectivity index (χ0v) is 14.7. The summed E-state index contributed by atoms with van der Waals surface area (Å²) in [5.41, 5.74) is 2.13. The summed E-state index contributed by atoms with van der Waals surface area (Å²) in [6, 6.07) is 9.22. The first-order chi connectivity index (χ1) is 11.1. The molecular formula is C19H26ClN3. The number of benzene rings is 1. The van der Waals surface area contributed by atoms with E-state index >= 15 is 0 Å². The van der Waals surface area contributed by atoms with E-state index in [4.69, 9.17) is 11.6 Å². The first-order valence-corrected chi connectivity index (χ1v) is 9.04. The monoisotopic (exact) mass is 331 g/mol. The SMILES string of the molecule is CC(C)CNC1CCC(Nc2ccnc3cc(Cl)ccc23)CC1. The Bertz CT molecular complexity index is 648. The van der Waals surface area contributed by atoms with E-state index in [0.29, 0.717) is 12.1 Å². The molecule has 2 aromatic rings. The van der Waals surface area contributed by atoms with Crippen molar-refractivity contribution in [3.05, 3.63) is 35.5 Å². The minimum absolute atomic E-state index is 0.549. The predicted octanol–water partition coefficient (Wildman–Crippen LogP) is 4.86. The van der Waals surface area contributed by atoms with Crippen LogP contribution in [-0.4, -0.2) is 23.6 Å². The second-order valence-corrected chi connectivity index (χ2v) is 7.45. The number of hydrogen-bond acceptors (Lipinski definition) is 3. The molecule has 0 bridgehead atoms. The maximum absolute atomic E-state index is 6.06. The average molecular weight is 332 g/mol. The van der Waals surface area contributed by atoms with Gasteiger partial charge in [-0.05, 0) is 62.4 Å². The second kappa shape index (κ2) is 7.50. The van der Waals surface area contributed by atoms with E-state index in [1.165, 1.54) is 31.4 Å². The summed E-state index contributed by atoms with van der Waals surface area (Å²) in [6.45, 7) is 5.65. The van der Waals surface area contributed by atoms with Crippen molar-refractivity contribution in [3.8, 4) is 0 Å². The molecule has 124 valence electrons. The van der Waals surface area contributed by atoms with Crippen LogP contribution in [0.2, 0.25) is 5.02 Å². The van der Waals surface area contributed by atoms with Crippen LogP contribution < -0.4 is 10.6 Å². The molecule has 2 N–H and O–H groups in total. The van der Waals surface area contributed by atoms with Crippen LogP contribution >= 0.6 is 11.6 Å². The number of anilines is 1. The van der Waals surface area contributed by atoms with Gasteiger partial charge in [-0.3, -0.25) is 4.98 Å². The third kappa shape index (κ3) is 4.36. The zero-order chi connectivity index (χ0) is 16.2. The van der Waals surface area contributed by atoms with Crippen molar-refractivity contribution in [1.82, 2.24) is 10.3 Å². The van der Waals surface area contributed by atoms with E-state index in [2.05, 4.69) is 41.6 Å². The summed E-state index contributed by atoms with van der Waals surface area (Å²) in [6.07, 6.45) is 6.79. The molecule has 1 aliphatic rings. The summed E-state index contributed by atoms with van der Waals surface area (Å²) < 4.78 is 0. The van der Waals surface area contributed by atoms with Crippen molar-refractivity contribution in [2.24, 2.45) is 5.92 Å². The van der Waals surface area contributed by atoms with Gasteiger partial charge < -0.3 is 10.6 Å². The molecule has 4 heteroatoms. The van der Waals surface area contributed by atoms with Crippen LogP contribution in [-0.2, 0) is 0 Å². The topological polar surface area (TPSA) is 37.0 Å². The molecular weight excluding hydrogens is 306 g/mol. The summed E-state index contributed by atoms with van der Waals surface area (Å²) in [4.78, 5) is 4.41. The van der Waals surface area contributed by atoms with E-state index in [1.54, 1.807) is 0 Å². The lowest BCUT2D eigenvalue weighted by Gasteiger charge is -2.31. The van der Waals surface area contributed by atoms with Crippen LogP contribution in [0.4, 0.5) is 5.69 Å². The lowest BCUT2D eigenvalue weighted by atomic mass is 9.90. The van der Waals surface area contributed by atoms with Gasteiger partial charge >= 0.3 is 0 Å². The van der Waals surface area contributed by atoms with Crippen molar-refractivity contribution in [3.63, 3.8) is 0 Å². The molecule has 1 fully saturated rings. The fourth-order valence-corrected chi connectivity index (χ4v) is 3.48. The Morgan fingerprint density at radius 3 is 2.61 bits per heavy atom. The van der Waals surface area contributed by atoms with Gasteiger partial charge in [0.1, 0.15) is 0 Å². The third-order valence-corrected chi connectivity index (χ3v) is 4.84. The van der Waals surface area contributed by atoms with E-state index in [-0.39, 0.29) is 0 Å². The number of halogens is 1. The van der Waals surface area contributed by atoms with Gasteiger partial charge in [0.05, 0.1) is 5.52 Å². The summed E-state index contributed by atoms with van der Waals surface area (Å²) in [7, 11) is 0. The molecule has 0 amide bonds. The van der Waals surface area contributed by atoms with Crippen molar-refractivity contribution in [1.29, 1.82) is 0 Å². The highest BCUT2D eigenvalue weighted by Gasteiger charge is 2.21. The Morgan fingerprint density at radius 2 is 1.87 bits per heavy atom. The molecule has 23 heavy (non-hydrogen) atoms. The molecule has 1 aromatic carbocycles. The zero-order valence-electron chi connectivity index (χ0n) is 14.0. The van der Waals surface area contributed by atoms with Crippen molar-refractivity contribution < 1.29 is 0 Å². The van der Waals surface area contributed by atoms with Gasteiger partial charge in [0.15, 0.2) is 0 Å². The molecule has 0 atom stereocenters. The molecule has 0 radical (unpaired) electrons. The van der Waals surface area contributed by atoms with Crippen molar-refractivity contribution >= 4 is 28.2 Å². The molecule has 1 heterocycles. The van der Waals surface area contributed by atoms with Crippen LogP contribution in [0.3, 0.4) is 0 Å². The minimum Gasteiger partial charge on any atom is -0.382 e. The fraction of sp³-hybridized carbons (Fsp3) is 0.526. The van der Waals surface area contributed by atoms with Crippen molar-refractivity contribution in [2.45, 2.75) is 51.6 Å². The Balaban J connectivity index is 1.61. The number of hydrogen-bond donors (Lipinski definition) is 2. The van der Waals surface area contributed by atoms with Crippen LogP contribution in [0, 0.1) is 5.92 Å².